The number of aliphatic hydroxyl groups excluding tert-OH is 1. The van der Waals surface area contributed by atoms with Crippen molar-refractivity contribution in [2.75, 3.05) is 13.1 Å². The van der Waals surface area contributed by atoms with Crippen molar-refractivity contribution in [3.8, 4) is 0 Å². The molecule has 0 rings (SSSR count). The van der Waals surface area contributed by atoms with Crippen molar-refractivity contribution in [3.05, 3.63) is 12.2 Å². The molecule has 4 N–H and O–H groups in total. The Balaban J connectivity index is 3.89. The van der Waals surface area contributed by atoms with Crippen LogP contribution in [0.25, 0.3) is 0 Å². The Morgan fingerprint density at radius 3 is 2.43 bits per heavy atom. The molecule has 0 saturated heterocycles. The fourth-order valence-corrected chi connectivity index (χ4v) is 2.27. The number of unbranched alkanes of at least 4 members (excludes halogenated alkanes) is 5. The Morgan fingerprint density at radius 2 is 1.83 bits per heavy atom. The average Bonchev–Trinajstić information content (AvgIpc) is 2.48. The van der Waals surface area contributed by atoms with Gasteiger partial charge in [-0.15, -0.1) is 0 Å². The zero-order valence-corrected chi connectivity index (χ0v) is 14.2. The van der Waals surface area contributed by atoms with Gasteiger partial charge in [0.15, 0.2) is 0 Å². The van der Waals surface area contributed by atoms with Gasteiger partial charge in [-0.2, -0.15) is 0 Å². The molecule has 2 amide bonds. The van der Waals surface area contributed by atoms with Crippen LogP contribution in [0.4, 0.5) is 4.79 Å². The molecule has 1 unspecified atom stereocenters. The predicted molar refractivity (Wildman–Crippen MR) is 91.2 cm³/mol. The molecule has 0 spiro atoms. The molecule has 0 heterocycles. The first-order valence-corrected chi connectivity index (χ1v) is 8.58. The Kier molecular flexibility index (Phi) is 13.1. The molecule has 6 nitrogen and oxygen atoms in total. The lowest BCUT2D eigenvalue weighted by Crippen LogP contribution is -2.36. The van der Waals surface area contributed by atoms with E-state index in [0.717, 1.165) is 44.9 Å². The Morgan fingerprint density at radius 1 is 1.13 bits per heavy atom. The summed E-state index contributed by atoms with van der Waals surface area (Å²) in [5.41, 5.74) is 5.35. The van der Waals surface area contributed by atoms with E-state index in [4.69, 9.17) is 10.8 Å². The van der Waals surface area contributed by atoms with E-state index in [2.05, 4.69) is 6.92 Å². The molecular formula is C17H32N2O4. The molecule has 0 bridgehead atoms. The van der Waals surface area contributed by atoms with Crippen LogP contribution in [0.3, 0.4) is 0 Å². The van der Waals surface area contributed by atoms with Gasteiger partial charge in [0.05, 0.1) is 6.10 Å². The van der Waals surface area contributed by atoms with E-state index in [1.807, 2.05) is 0 Å². The van der Waals surface area contributed by atoms with Gasteiger partial charge in [-0.1, -0.05) is 51.2 Å². The van der Waals surface area contributed by atoms with E-state index in [1.54, 1.807) is 12.2 Å². The number of hydrogen-bond acceptors (Lipinski definition) is 3. The molecule has 134 valence electrons. The summed E-state index contributed by atoms with van der Waals surface area (Å²) in [7, 11) is 0. The minimum atomic E-state index is -0.772. The molecule has 0 aliphatic heterocycles. The highest BCUT2D eigenvalue weighted by Gasteiger charge is 2.07. The third kappa shape index (κ3) is 13.8. The van der Waals surface area contributed by atoms with Crippen LogP contribution in [0.2, 0.25) is 0 Å². The lowest BCUT2D eigenvalue weighted by atomic mass is 10.1. The molecule has 0 aromatic carbocycles. The zero-order valence-electron chi connectivity index (χ0n) is 14.2. The van der Waals surface area contributed by atoms with Crippen molar-refractivity contribution in [2.24, 2.45) is 5.73 Å². The number of carboxylic acid groups (broad SMARTS) is 1. The highest BCUT2D eigenvalue weighted by atomic mass is 16.4. The third-order valence-electron chi connectivity index (χ3n) is 3.67. The molecule has 0 aromatic heterocycles. The first-order chi connectivity index (χ1) is 11.0. The average molecular weight is 328 g/mol. The maximum Gasteiger partial charge on any atom is 0.315 e. The quantitative estimate of drug-likeness (QED) is 0.337. The highest BCUT2D eigenvalue weighted by molar-refractivity contribution is 5.72. The summed E-state index contributed by atoms with van der Waals surface area (Å²) < 4.78 is 0. The van der Waals surface area contributed by atoms with Crippen molar-refractivity contribution in [1.82, 2.24) is 4.90 Å². The van der Waals surface area contributed by atoms with Crippen molar-refractivity contribution >= 4 is 12.0 Å². The number of primary amides is 1. The molecule has 0 fully saturated rings. The van der Waals surface area contributed by atoms with Crippen LogP contribution >= 0.6 is 0 Å². The van der Waals surface area contributed by atoms with Crippen LogP contribution in [-0.2, 0) is 4.79 Å². The van der Waals surface area contributed by atoms with Gasteiger partial charge >= 0.3 is 12.0 Å². The van der Waals surface area contributed by atoms with E-state index in [0.29, 0.717) is 19.5 Å². The molecule has 0 saturated carbocycles. The zero-order chi connectivity index (χ0) is 17.5. The van der Waals surface area contributed by atoms with Crippen LogP contribution in [0.1, 0.15) is 64.7 Å². The Labute approximate surface area is 139 Å². The fourth-order valence-electron chi connectivity index (χ4n) is 2.27. The first-order valence-electron chi connectivity index (χ1n) is 8.58. The second kappa shape index (κ2) is 14.1. The number of rotatable bonds is 14. The SMILES string of the molecule is CCCCCC(O)C=CCN(CCCCCCC(=O)O)C(N)=O. The molecule has 0 aliphatic carbocycles. The molecule has 1 atom stereocenters. The van der Waals surface area contributed by atoms with Crippen LogP contribution in [-0.4, -0.2) is 46.3 Å². The largest absolute Gasteiger partial charge is 0.481 e. The normalized spacial score (nSPS) is 12.4. The van der Waals surface area contributed by atoms with E-state index < -0.39 is 18.1 Å². The molecule has 0 radical (unpaired) electrons. The number of nitrogens with zero attached hydrogens (tertiary/aromatic N) is 1. The fraction of sp³-hybridized carbons (Fsp3) is 0.765. The maximum atomic E-state index is 11.4. The standard InChI is InChI=1S/C17H32N2O4/c1-2-3-6-10-15(20)11-9-14-19(17(18)23)13-8-5-4-7-12-16(21)22/h9,11,15,20H,2-8,10,12-14H2,1H3,(H2,18,23)(H,21,22). The Bertz CT molecular complexity index is 359. The van der Waals surface area contributed by atoms with Crippen molar-refractivity contribution in [3.63, 3.8) is 0 Å². The maximum absolute atomic E-state index is 11.4. The van der Waals surface area contributed by atoms with E-state index in [-0.39, 0.29) is 6.42 Å². The number of aliphatic carboxylic acids is 1. The summed E-state index contributed by atoms with van der Waals surface area (Å²) in [6, 6.07) is -0.472. The first kappa shape index (κ1) is 21.4. The monoisotopic (exact) mass is 328 g/mol. The second-order valence-electron chi connectivity index (χ2n) is 5.83. The van der Waals surface area contributed by atoms with Gasteiger partial charge in [0.25, 0.3) is 0 Å². The molecular weight excluding hydrogens is 296 g/mol. The lowest BCUT2D eigenvalue weighted by molar-refractivity contribution is -0.137. The summed E-state index contributed by atoms with van der Waals surface area (Å²) in [6.07, 6.45) is 10.4. The summed E-state index contributed by atoms with van der Waals surface area (Å²) in [6.45, 7) is 3.07. The topological polar surface area (TPSA) is 104 Å². The van der Waals surface area contributed by atoms with E-state index >= 15 is 0 Å². The van der Waals surface area contributed by atoms with Gasteiger partial charge in [-0.3, -0.25) is 4.79 Å². The summed E-state index contributed by atoms with van der Waals surface area (Å²) in [5, 5.41) is 18.3. The van der Waals surface area contributed by atoms with Gasteiger partial charge in [-0.25, -0.2) is 4.79 Å². The van der Waals surface area contributed by atoms with Crippen LogP contribution < -0.4 is 5.73 Å². The third-order valence-corrected chi connectivity index (χ3v) is 3.67. The summed E-state index contributed by atoms with van der Waals surface area (Å²) in [5.74, 6) is -0.772. The number of hydrogen-bond donors (Lipinski definition) is 3. The lowest BCUT2D eigenvalue weighted by Gasteiger charge is -2.18. The van der Waals surface area contributed by atoms with Crippen LogP contribution in [0, 0.1) is 0 Å². The van der Waals surface area contributed by atoms with Crippen LogP contribution in [0.15, 0.2) is 12.2 Å². The van der Waals surface area contributed by atoms with Gasteiger partial charge in [-0.05, 0) is 19.3 Å². The summed E-state index contributed by atoms with van der Waals surface area (Å²) in [4.78, 5) is 23.3. The minimum absolute atomic E-state index is 0.193. The number of nitrogens with two attached hydrogens (primary N) is 1. The van der Waals surface area contributed by atoms with E-state index in [9.17, 15) is 14.7 Å². The molecule has 0 aromatic rings. The van der Waals surface area contributed by atoms with Gasteiger partial charge in [0.1, 0.15) is 0 Å². The van der Waals surface area contributed by atoms with Gasteiger partial charge in [0, 0.05) is 19.5 Å². The summed E-state index contributed by atoms with van der Waals surface area (Å²) >= 11 is 0. The predicted octanol–water partition coefficient (Wildman–Crippen LogP) is 2.90. The second-order valence-corrected chi connectivity index (χ2v) is 5.83. The molecule has 6 heteroatoms. The Hall–Kier alpha value is -1.56. The number of aliphatic hydroxyl groups is 1. The van der Waals surface area contributed by atoms with Crippen molar-refractivity contribution in [2.45, 2.75) is 70.8 Å². The number of carbonyl (C=O) groups excluding carboxylic acids is 1. The van der Waals surface area contributed by atoms with Gasteiger partial charge < -0.3 is 20.8 Å². The number of carbonyl (C=O) groups is 2. The minimum Gasteiger partial charge on any atom is -0.481 e. The smallest absolute Gasteiger partial charge is 0.315 e. The highest BCUT2D eigenvalue weighted by Crippen LogP contribution is 2.06. The number of urea groups is 1. The van der Waals surface area contributed by atoms with Gasteiger partial charge in [0.2, 0.25) is 0 Å². The van der Waals surface area contributed by atoms with Crippen LogP contribution in [0.5, 0.6) is 0 Å². The number of carboxylic acids is 1. The van der Waals surface area contributed by atoms with Crippen molar-refractivity contribution < 1.29 is 19.8 Å². The number of amides is 2. The van der Waals surface area contributed by atoms with E-state index in [1.165, 1.54) is 4.90 Å². The molecule has 23 heavy (non-hydrogen) atoms. The van der Waals surface area contributed by atoms with Crippen molar-refractivity contribution in [1.29, 1.82) is 0 Å². The molecule has 0 aliphatic rings.